The minimum Gasteiger partial charge on any atom is -0.427 e. The molecular weight excluding hydrogens is 330 g/mol. The average Bonchev–Trinajstić information content (AvgIpc) is 2.49. The molecule has 1 saturated heterocycles. The molecule has 8 heteroatoms. The molecule has 1 fully saturated rings. The van der Waals surface area contributed by atoms with Crippen LogP contribution in [0.1, 0.15) is 18.5 Å². The number of halogens is 3. The fraction of sp³-hybridized carbons (Fsp3) is 0.533. The van der Waals surface area contributed by atoms with Gasteiger partial charge in [-0.2, -0.15) is 0 Å². The van der Waals surface area contributed by atoms with E-state index in [0.29, 0.717) is 37.5 Å². The third-order valence-electron chi connectivity index (χ3n) is 3.59. The van der Waals surface area contributed by atoms with Gasteiger partial charge in [-0.15, -0.1) is 12.4 Å². The predicted molar refractivity (Wildman–Crippen MR) is 84.2 cm³/mol. The quantitative estimate of drug-likeness (QED) is 0.624. The molecule has 0 unspecified atom stereocenters. The summed E-state index contributed by atoms with van der Waals surface area (Å²) in [5.74, 6) is -3.41. The minimum absolute atomic E-state index is 0. The fourth-order valence-corrected chi connectivity index (χ4v) is 2.63. The number of benzene rings is 1. The summed E-state index contributed by atoms with van der Waals surface area (Å²) in [5.41, 5.74) is 0.386. The van der Waals surface area contributed by atoms with E-state index in [-0.39, 0.29) is 12.4 Å². The first-order chi connectivity index (χ1) is 10.4. The normalized spacial score (nSPS) is 17.2. The first-order valence-electron chi connectivity index (χ1n) is 7.16. The third-order valence-corrected chi connectivity index (χ3v) is 3.59. The summed E-state index contributed by atoms with van der Waals surface area (Å²) in [4.78, 5) is 12.6. The maximum Gasteiger partial charge on any atom is 0.308 e. The monoisotopic (exact) mass is 350 g/mol. The van der Waals surface area contributed by atoms with Gasteiger partial charge in [-0.3, -0.25) is 9.69 Å². The highest BCUT2D eigenvalue weighted by Crippen LogP contribution is 2.37. The Morgan fingerprint density at radius 2 is 1.91 bits per heavy atom. The lowest BCUT2D eigenvalue weighted by atomic mass is 9.98. The first-order valence-corrected chi connectivity index (χ1v) is 7.16. The molecule has 130 valence electrons. The Kier molecular flexibility index (Phi) is 7.34. The Morgan fingerprint density at radius 3 is 2.39 bits per heavy atom. The predicted octanol–water partition coefficient (Wildman–Crippen LogP) is 1.61. The number of piperazine rings is 1. The molecule has 2 N–H and O–H groups in total. The molecule has 1 aliphatic heterocycles. The Bertz CT molecular complexity index is 508. The standard InChI is InChI=1S/C15H20F2N2O3.ClH/c1-11(21)22-13-4-2-12(3-5-13)14(15(16,17)10-20)19-8-6-18-7-9-19;/h2-5,14,18,20H,6-10H2,1H3;1H/t14-;/m0./s1. The van der Waals surface area contributed by atoms with E-state index in [1.54, 1.807) is 4.90 Å². The van der Waals surface area contributed by atoms with Crippen molar-refractivity contribution in [2.75, 3.05) is 32.8 Å². The number of nitrogens with zero attached hydrogens (tertiary/aromatic N) is 1. The molecule has 0 saturated carbocycles. The van der Waals surface area contributed by atoms with Crippen LogP contribution < -0.4 is 10.1 Å². The van der Waals surface area contributed by atoms with Crippen LogP contribution in [0.2, 0.25) is 0 Å². The second-order valence-electron chi connectivity index (χ2n) is 5.27. The molecule has 0 aliphatic carbocycles. The smallest absolute Gasteiger partial charge is 0.308 e. The van der Waals surface area contributed by atoms with E-state index in [1.165, 1.54) is 31.2 Å². The van der Waals surface area contributed by atoms with E-state index in [2.05, 4.69) is 5.32 Å². The van der Waals surface area contributed by atoms with Crippen LogP contribution in [0, 0.1) is 0 Å². The zero-order valence-corrected chi connectivity index (χ0v) is 13.6. The van der Waals surface area contributed by atoms with E-state index in [0.717, 1.165) is 0 Å². The van der Waals surface area contributed by atoms with Crippen molar-refractivity contribution in [2.45, 2.75) is 18.9 Å². The van der Waals surface area contributed by atoms with Crippen LogP contribution in [-0.4, -0.2) is 54.7 Å². The summed E-state index contributed by atoms with van der Waals surface area (Å²) in [5, 5.41) is 12.2. The van der Waals surface area contributed by atoms with Gasteiger partial charge in [0.05, 0.1) is 0 Å². The van der Waals surface area contributed by atoms with Crippen molar-refractivity contribution in [1.29, 1.82) is 0 Å². The van der Waals surface area contributed by atoms with Crippen molar-refractivity contribution in [1.82, 2.24) is 10.2 Å². The number of rotatable bonds is 5. The summed E-state index contributed by atoms with van der Waals surface area (Å²) in [6.45, 7) is 2.27. The van der Waals surface area contributed by atoms with Crippen molar-refractivity contribution in [2.24, 2.45) is 0 Å². The number of nitrogens with one attached hydrogen (secondary N) is 1. The zero-order chi connectivity index (χ0) is 16.2. The van der Waals surface area contributed by atoms with Crippen LogP contribution in [0.15, 0.2) is 24.3 Å². The lowest BCUT2D eigenvalue weighted by Gasteiger charge is -2.38. The van der Waals surface area contributed by atoms with Crippen LogP contribution in [-0.2, 0) is 4.79 Å². The number of esters is 1. The van der Waals surface area contributed by atoms with Crippen LogP contribution in [0.3, 0.4) is 0 Å². The number of alkyl halides is 2. The molecule has 1 aromatic carbocycles. The highest BCUT2D eigenvalue weighted by Gasteiger charge is 2.43. The Balaban J connectivity index is 0.00000264. The number of aliphatic hydroxyl groups excluding tert-OH is 1. The average molecular weight is 351 g/mol. The molecule has 0 radical (unpaired) electrons. The van der Waals surface area contributed by atoms with Gasteiger partial charge >= 0.3 is 5.97 Å². The zero-order valence-electron chi connectivity index (χ0n) is 12.8. The number of ether oxygens (including phenoxy) is 1. The van der Waals surface area contributed by atoms with Crippen molar-refractivity contribution < 1.29 is 23.4 Å². The van der Waals surface area contributed by atoms with Crippen molar-refractivity contribution >= 4 is 18.4 Å². The number of hydrogen-bond donors (Lipinski definition) is 2. The van der Waals surface area contributed by atoms with Gasteiger partial charge in [0.15, 0.2) is 0 Å². The van der Waals surface area contributed by atoms with Gasteiger partial charge < -0.3 is 15.2 Å². The van der Waals surface area contributed by atoms with Crippen LogP contribution in [0.5, 0.6) is 5.75 Å². The van der Waals surface area contributed by atoms with Gasteiger partial charge in [-0.25, -0.2) is 8.78 Å². The van der Waals surface area contributed by atoms with Gasteiger partial charge in [0.1, 0.15) is 18.4 Å². The summed E-state index contributed by atoms with van der Waals surface area (Å²) in [6.07, 6.45) is 0. The van der Waals surface area contributed by atoms with E-state index in [1.807, 2.05) is 0 Å². The number of aliphatic hydroxyl groups is 1. The van der Waals surface area contributed by atoms with E-state index < -0.39 is 24.5 Å². The first kappa shape index (κ1) is 19.8. The molecule has 1 heterocycles. The van der Waals surface area contributed by atoms with Crippen LogP contribution >= 0.6 is 12.4 Å². The molecule has 1 aliphatic rings. The van der Waals surface area contributed by atoms with Gasteiger partial charge in [-0.1, -0.05) is 12.1 Å². The van der Waals surface area contributed by atoms with Gasteiger partial charge in [0.2, 0.25) is 0 Å². The Hall–Kier alpha value is -1.28. The molecule has 0 aromatic heterocycles. The second-order valence-corrected chi connectivity index (χ2v) is 5.27. The Labute approximate surface area is 140 Å². The van der Waals surface area contributed by atoms with Crippen molar-refractivity contribution in [3.8, 4) is 5.75 Å². The summed E-state index contributed by atoms with van der Waals surface area (Å²) < 4.78 is 33.3. The maximum atomic E-state index is 14.2. The SMILES string of the molecule is CC(=O)Oc1ccc([C@H](N2CCNCC2)C(F)(F)CO)cc1.Cl. The molecule has 0 spiro atoms. The van der Waals surface area contributed by atoms with Crippen LogP contribution in [0.4, 0.5) is 8.78 Å². The van der Waals surface area contributed by atoms with Crippen molar-refractivity contribution in [3.63, 3.8) is 0 Å². The summed E-state index contributed by atoms with van der Waals surface area (Å²) in [7, 11) is 0. The van der Waals surface area contributed by atoms with Gasteiger partial charge in [-0.05, 0) is 17.7 Å². The molecule has 23 heavy (non-hydrogen) atoms. The molecule has 1 aromatic rings. The lowest BCUT2D eigenvalue weighted by Crippen LogP contribution is -2.51. The van der Waals surface area contributed by atoms with E-state index in [9.17, 15) is 13.6 Å². The third kappa shape index (κ3) is 5.10. The molecule has 2 rings (SSSR count). The molecular formula is C15H21ClF2N2O3. The number of carbonyl (C=O) groups excluding carboxylic acids is 1. The number of hydrogen-bond acceptors (Lipinski definition) is 5. The van der Waals surface area contributed by atoms with Gasteiger partial charge in [0, 0.05) is 33.1 Å². The molecule has 1 atom stereocenters. The second kappa shape index (κ2) is 8.54. The van der Waals surface area contributed by atoms with E-state index >= 15 is 0 Å². The van der Waals surface area contributed by atoms with Gasteiger partial charge in [0.25, 0.3) is 5.92 Å². The Morgan fingerprint density at radius 1 is 1.35 bits per heavy atom. The van der Waals surface area contributed by atoms with Crippen molar-refractivity contribution in [3.05, 3.63) is 29.8 Å². The summed E-state index contributed by atoms with van der Waals surface area (Å²) >= 11 is 0. The molecule has 5 nitrogen and oxygen atoms in total. The summed E-state index contributed by atoms with van der Waals surface area (Å²) in [6, 6.07) is 4.79. The topological polar surface area (TPSA) is 61.8 Å². The fourth-order valence-electron chi connectivity index (χ4n) is 2.63. The van der Waals surface area contributed by atoms with Crippen LogP contribution in [0.25, 0.3) is 0 Å². The maximum absolute atomic E-state index is 14.2. The molecule has 0 bridgehead atoms. The highest BCUT2D eigenvalue weighted by molar-refractivity contribution is 5.85. The minimum atomic E-state index is -3.25. The highest BCUT2D eigenvalue weighted by atomic mass is 35.5. The molecule has 0 amide bonds. The lowest BCUT2D eigenvalue weighted by molar-refractivity contribution is -0.131. The largest absolute Gasteiger partial charge is 0.427 e. The number of carbonyl (C=O) groups is 1. The van der Waals surface area contributed by atoms with E-state index in [4.69, 9.17) is 9.84 Å².